The SMILES string of the molecule is CCCC(C)C(C(=O)O)(C(=O)O)C(=O)O. The van der Waals surface area contributed by atoms with Crippen molar-refractivity contribution in [2.45, 2.75) is 26.7 Å². The van der Waals surface area contributed by atoms with Crippen LogP contribution >= 0.6 is 0 Å². The van der Waals surface area contributed by atoms with Crippen LogP contribution in [0.5, 0.6) is 0 Å². The summed E-state index contributed by atoms with van der Waals surface area (Å²) in [4.78, 5) is 32.6. The first-order valence-corrected chi connectivity index (χ1v) is 4.51. The molecule has 6 heteroatoms. The molecule has 0 heterocycles. The molecule has 1 unspecified atom stereocenters. The predicted molar refractivity (Wildman–Crippen MR) is 49.4 cm³/mol. The second kappa shape index (κ2) is 4.77. The van der Waals surface area contributed by atoms with Gasteiger partial charge < -0.3 is 15.3 Å². The maximum atomic E-state index is 10.9. The third kappa shape index (κ3) is 2.08. The molecule has 6 nitrogen and oxygen atoms in total. The van der Waals surface area contributed by atoms with Crippen LogP contribution in [-0.2, 0) is 14.4 Å². The number of aliphatic carboxylic acids is 3. The van der Waals surface area contributed by atoms with Gasteiger partial charge in [0.15, 0.2) is 0 Å². The third-order valence-corrected chi connectivity index (χ3v) is 2.47. The van der Waals surface area contributed by atoms with Crippen LogP contribution in [0.1, 0.15) is 26.7 Å². The molecule has 0 aliphatic carbocycles. The first-order valence-electron chi connectivity index (χ1n) is 4.51. The number of rotatable bonds is 6. The molecule has 15 heavy (non-hydrogen) atoms. The lowest BCUT2D eigenvalue weighted by molar-refractivity contribution is -0.180. The minimum absolute atomic E-state index is 0.227. The topological polar surface area (TPSA) is 112 Å². The fraction of sp³-hybridized carbons (Fsp3) is 0.667. The minimum Gasteiger partial charge on any atom is -0.480 e. The number of hydrogen-bond acceptors (Lipinski definition) is 3. The van der Waals surface area contributed by atoms with Gasteiger partial charge in [0.05, 0.1) is 0 Å². The van der Waals surface area contributed by atoms with Gasteiger partial charge in [-0.2, -0.15) is 0 Å². The second-order valence-electron chi connectivity index (χ2n) is 3.41. The average Bonchev–Trinajstić information content (AvgIpc) is 2.02. The normalized spacial score (nSPS) is 13.2. The first-order chi connectivity index (χ1) is 6.81. The fourth-order valence-corrected chi connectivity index (χ4v) is 1.56. The highest BCUT2D eigenvalue weighted by molar-refractivity contribution is 6.16. The molecular weight excluding hydrogens is 204 g/mol. The Morgan fingerprint density at radius 3 is 1.60 bits per heavy atom. The highest BCUT2D eigenvalue weighted by atomic mass is 16.4. The third-order valence-electron chi connectivity index (χ3n) is 2.47. The first kappa shape index (κ1) is 13.4. The Balaban J connectivity index is 5.42. The van der Waals surface area contributed by atoms with E-state index in [9.17, 15) is 14.4 Å². The zero-order valence-corrected chi connectivity index (χ0v) is 8.56. The summed E-state index contributed by atoms with van der Waals surface area (Å²) in [6.45, 7) is 3.05. The molecule has 0 aliphatic heterocycles. The Morgan fingerprint density at radius 2 is 1.40 bits per heavy atom. The summed E-state index contributed by atoms with van der Waals surface area (Å²) in [5.41, 5.74) is -2.74. The van der Waals surface area contributed by atoms with E-state index in [0.717, 1.165) is 0 Å². The van der Waals surface area contributed by atoms with E-state index < -0.39 is 29.2 Å². The van der Waals surface area contributed by atoms with Crippen molar-refractivity contribution in [3.05, 3.63) is 0 Å². The van der Waals surface area contributed by atoms with Crippen LogP contribution in [0.15, 0.2) is 0 Å². The van der Waals surface area contributed by atoms with Crippen molar-refractivity contribution in [1.29, 1.82) is 0 Å². The molecule has 0 radical (unpaired) electrons. The summed E-state index contributed by atoms with van der Waals surface area (Å²) in [6.07, 6.45) is 0.752. The van der Waals surface area contributed by atoms with Crippen LogP contribution < -0.4 is 0 Å². The van der Waals surface area contributed by atoms with Crippen LogP contribution in [0.4, 0.5) is 0 Å². The molecule has 0 aromatic rings. The van der Waals surface area contributed by atoms with Crippen LogP contribution in [0.25, 0.3) is 0 Å². The van der Waals surface area contributed by atoms with E-state index in [-0.39, 0.29) is 6.42 Å². The Bertz CT molecular complexity index is 246. The molecule has 86 valence electrons. The van der Waals surface area contributed by atoms with E-state index in [1.165, 1.54) is 6.92 Å². The summed E-state index contributed by atoms with van der Waals surface area (Å²) in [6, 6.07) is 0. The second-order valence-corrected chi connectivity index (χ2v) is 3.41. The van der Waals surface area contributed by atoms with Crippen molar-refractivity contribution in [3.63, 3.8) is 0 Å². The maximum Gasteiger partial charge on any atom is 0.333 e. The number of hydrogen-bond donors (Lipinski definition) is 3. The average molecular weight is 218 g/mol. The lowest BCUT2D eigenvalue weighted by Crippen LogP contribution is -2.51. The van der Waals surface area contributed by atoms with Crippen molar-refractivity contribution in [2.24, 2.45) is 11.3 Å². The Labute approximate surface area is 86.5 Å². The Kier molecular flexibility index (Phi) is 4.26. The van der Waals surface area contributed by atoms with Gasteiger partial charge in [0.1, 0.15) is 0 Å². The van der Waals surface area contributed by atoms with E-state index in [1.54, 1.807) is 6.92 Å². The molecule has 1 atom stereocenters. The monoisotopic (exact) mass is 218 g/mol. The van der Waals surface area contributed by atoms with Crippen molar-refractivity contribution in [1.82, 2.24) is 0 Å². The predicted octanol–water partition coefficient (Wildman–Crippen LogP) is 0.663. The molecule has 0 amide bonds. The lowest BCUT2D eigenvalue weighted by atomic mass is 9.74. The van der Waals surface area contributed by atoms with E-state index in [0.29, 0.717) is 6.42 Å². The minimum atomic E-state index is -2.74. The molecule has 0 saturated heterocycles. The van der Waals surface area contributed by atoms with Gasteiger partial charge in [0, 0.05) is 0 Å². The molecule has 0 bridgehead atoms. The van der Waals surface area contributed by atoms with Gasteiger partial charge in [0.25, 0.3) is 5.41 Å². The fourth-order valence-electron chi connectivity index (χ4n) is 1.56. The largest absolute Gasteiger partial charge is 0.480 e. The molecule has 0 saturated carbocycles. The lowest BCUT2D eigenvalue weighted by Gasteiger charge is -2.26. The highest BCUT2D eigenvalue weighted by Crippen LogP contribution is 2.32. The molecule has 3 N–H and O–H groups in total. The standard InChI is InChI=1S/C9H14O6/c1-3-4-5(2)9(6(10)11,7(12)13)8(14)15/h5H,3-4H2,1-2H3,(H,10,11)(H,12,13)(H,14,15). The molecule has 0 fully saturated rings. The van der Waals surface area contributed by atoms with E-state index in [2.05, 4.69) is 0 Å². The number of carbonyl (C=O) groups is 3. The Hall–Kier alpha value is -1.59. The molecule has 0 rings (SSSR count). The van der Waals surface area contributed by atoms with E-state index in [1.807, 2.05) is 0 Å². The zero-order chi connectivity index (χ0) is 12.2. The van der Waals surface area contributed by atoms with E-state index in [4.69, 9.17) is 15.3 Å². The van der Waals surface area contributed by atoms with Gasteiger partial charge in [-0.1, -0.05) is 20.3 Å². The van der Waals surface area contributed by atoms with Gasteiger partial charge in [-0.25, -0.2) is 0 Å². The zero-order valence-electron chi connectivity index (χ0n) is 8.56. The summed E-state index contributed by atoms with van der Waals surface area (Å²) in [5.74, 6) is -6.45. The van der Waals surface area contributed by atoms with Gasteiger partial charge in [-0.05, 0) is 12.3 Å². The highest BCUT2D eigenvalue weighted by Gasteiger charge is 2.58. The molecule has 0 aromatic carbocycles. The van der Waals surface area contributed by atoms with Crippen LogP contribution in [0, 0.1) is 11.3 Å². The van der Waals surface area contributed by atoms with Gasteiger partial charge >= 0.3 is 17.9 Å². The molecule has 0 spiro atoms. The number of carboxylic acid groups (broad SMARTS) is 3. The molecular formula is C9H14O6. The van der Waals surface area contributed by atoms with Gasteiger partial charge in [-0.15, -0.1) is 0 Å². The van der Waals surface area contributed by atoms with Crippen molar-refractivity contribution < 1.29 is 29.7 Å². The quantitative estimate of drug-likeness (QED) is 0.564. The van der Waals surface area contributed by atoms with Crippen LogP contribution in [0.2, 0.25) is 0 Å². The van der Waals surface area contributed by atoms with E-state index >= 15 is 0 Å². The maximum absolute atomic E-state index is 10.9. The van der Waals surface area contributed by atoms with Crippen molar-refractivity contribution in [3.8, 4) is 0 Å². The van der Waals surface area contributed by atoms with Gasteiger partial charge in [0.2, 0.25) is 0 Å². The summed E-state index contributed by atoms with van der Waals surface area (Å²) in [7, 11) is 0. The molecule has 0 aliphatic rings. The number of carboxylic acids is 3. The van der Waals surface area contributed by atoms with Crippen LogP contribution in [0.3, 0.4) is 0 Å². The Morgan fingerprint density at radius 1 is 1.07 bits per heavy atom. The smallest absolute Gasteiger partial charge is 0.333 e. The van der Waals surface area contributed by atoms with Gasteiger partial charge in [-0.3, -0.25) is 14.4 Å². The van der Waals surface area contributed by atoms with Crippen molar-refractivity contribution in [2.75, 3.05) is 0 Å². The van der Waals surface area contributed by atoms with Crippen molar-refractivity contribution >= 4 is 17.9 Å². The summed E-state index contributed by atoms with van der Waals surface area (Å²) >= 11 is 0. The summed E-state index contributed by atoms with van der Waals surface area (Å²) < 4.78 is 0. The summed E-state index contributed by atoms with van der Waals surface area (Å²) in [5, 5.41) is 26.4. The van der Waals surface area contributed by atoms with Crippen LogP contribution in [-0.4, -0.2) is 33.2 Å². The molecule has 0 aromatic heterocycles.